The molecule has 0 N–H and O–H groups in total. The first kappa shape index (κ1) is 15.3. The number of hydrogen-bond donors (Lipinski definition) is 0. The summed E-state index contributed by atoms with van der Waals surface area (Å²) in [6, 6.07) is 0. The van der Waals surface area contributed by atoms with Gasteiger partial charge in [-0.15, -0.1) is 0 Å². The van der Waals surface area contributed by atoms with Crippen LogP contribution in [0.25, 0.3) is 0 Å². The topological polar surface area (TPSA) is 49.4 Å². The minimum absolute atomic E-state index is 0. The van der Waals surface area contributed by atoms with Gasteiger partial charge in [0.15, 0.2) is 0 Å². The van der Waals surface area contributed by atoms with Crippen molar-refractivity contribution in [3.63, 3.8) is 0 Å². The Morgan fingerprint density at radius 1 is 1.46 bits per heavy atom. The van der Waals surface area contributed by atoms with Gasteiger partial charge in [0.1, 0.15) is 0 Å². The third-order valence-electron chi connectivity index (χ3n) is 1.45. The van der Waals surface area contributed by atoms with Gasteiger partial charge in [-0.05, 0) is 17.8 Å². The molecule has 0 aliphatic rings. The van der Waals surface area contributed by atoms with E-state index in [2.05, 4.69) is 25.5 Å². The SMILES string of the molecule is CC(COC(=O)[O-])CC(C)(C)C.[Li+]. The van der Waals surface area contributed by atoms with Gasteiger partial charge in [-0.25, -0.2) is 0 Å². The Balaban J connectivity index is 0. The number of carbonyl (C=O) groups excluding carboxylic acids is 1. The fourth-order valence-corrected chi connectivity index (χ4v) is 1.31. The van der Waals surface area contributed by atoms with Crippen molar-refractivity contribution in [3.05, 3.63) is 0 Å². The molecule has 1 unspecified atom stereocenters. The fourth-order valence-electron chi connectivity index (χ4n) is 1.31. The van der Waals surface area contributed by atoms with Crippen LogP contribution < -0.4 is 24.0 Å². The maximum absolute atomic E-state index is 9.94. The van der Waals surface area contributed by atoms with Crippen LogP contribution in [0.5, 0.6) is 0 Å². The van der Waals surface area contributed by atoms with Crippen molar-refractivity contribution in [2.75, 3.05) is 6.61 Å². The minimum Gasteiger partial charge on any atom is -0.549 e. The Morgan fingerprint density at radius 3 is 2.23 bits per heavy atom. The first-order valence-electron chi connectivity index (χ1n) is 4.15. The van der Waals surface area contributed by atoms with Crippen LogP contribution in [0.1, 0.15) is 34.1 Å². The average Bonchev–Trinajstić information content (AvgIpc) is 1.79. The zero-order valence-corrected chi connectivity index (χ0v) is 9.22. The van der Waals surface area contributed by atoms with Crippen LogP contribution in [0.2, 0.25) is 0 Å². The monoisotopic (exact) mass is 180 g/mol. The van der Waals surface area contributed by atoms with Gasteiger partial charge in [-0.3, -0.25) is 0 Å². The summed E-state index contributed by atoms with van der Waals surface area (Å²) < 4.78 is 4.36. The molecule has 72 valence electrons. The van der Waals surface area contributed by atoms with E-state index in [0.29, 0.717) is 0 Å². The molecule has 0 saturated heterocycles. The second-order valence-corrected chi connectivity index (χ2v) is 4.43. The Hall–Kier alpha value is -0.133. The summed E-state index contributed by atoms with van der Waals surface area (Å²) in [5, 5.41) is 9.94. The molecule has 0 spiro atoms. The van der Waals surface area contributed by atoms with Crippen molar-refractivity contribution >= 4 is 6.16 Å². The summed E-state index contributed by atoms with van der Waals surface area (Å²) in [5.41, 5.74) is 0.217. The molecule has 0 bridgehead atoms. The molecular formula is C9H17LiO3. The number of hydrogen-bond acceptors (Lipinski definition) is 3. The molecule has 0 rings (SSSR count). The van der Waals surface area contributed by atoms with Crippen LogP contribution in [-0.2, 0) is 4.74 Å². The molecule has 0 saturated carbocycles. The minimum atomic E-state index is -1.43. The van der Waals surface area contributed by atoms with Crippen molar-refractivity contribution < 1.29 is 33.5 Å². The van der Waals surface area contributed by atoms with Crippen molar-refractivity contribution in [2.24, 2.45) is 11.3 Å². The van der Waals surface area contributed by atoms with Crippen molar-refractivity contribution in [2.45, 2.75) is 34.1 Å². The predicted molar refractivity (Wildman–Crippen MR) is 44.6 cm³/mol. The average molecular weight is 180 g/mol. The first-order chi connectivity index (χ1) is 5.31. The fraction of sp³-hybridized carbons (Fsp3) is 0.889. The largest absolute Gasteiger partial charge is 1.00 e. The van der Waals surface area contributed by atoms with E-state index in [1.165, 1.54) is 0 Å². The van der Waals surface area contributed by atoms with Gasteiger partial charge >= 0.3 is 18.9 Å². The summed E-state index contributed by atoms with van der Waals surface area (Å²) in [6.07, 6.45) is -0.490. The second kappa shape index (κ2) is 6.34. The van der Waals surface area contributed by atoms with E-state index in [1.54, 1.807) is 0 Å². The van der Waals surface area contributed by atoms with E-state index in [1.807, 2.05) is 6.92 Å². The Labute approximate surface area is 92.0 Å². The molecule has 0 aliphatic heterocycles. The molecule has 0 amide bonds. The number of carboxylic acid groups (broad SMARTS) is 1. The molecule has 0 aliphatic carbocycles. The van der Waals surface area contributed by atoms with Gasteiger partial charge < -0.3 is 14.6 Å². The number of ether oxygens (including phenoxy) is 1. The number of rotatable bonds is 3. The van der Waals surface area contributed by atoms with E-state index >= 15 is 0 Å². The molecule has 1 atom stereocenters. The summed E-state index contributed by atoms with van der Waals surface area (Å²) in [5.74, 6) is 0.253. The molecule has 0 aromatic heterocycles. The van der Waals surface area contributed by atoms with Crippen molar-refractivity contribution in [1.82, 2.24) is 0 Å². The summed E-state index contributed by atoms with van der Waals surface area (Å²) in [6.45, 7) is 8.54. The quantitative estimate of drug-likeness (QED) is 0.389. The standard InChI is InChI=1S/C9H18O3.Li/c1-7(5-9(2,3)4)6-12-8(10)11;/h7H,5-6H2,1-4H3,(H,10,11);/q;+1/p-1. The van der Waals surface area contributed by atoms with Gasteiger partial charge in [0.25, 0.3) is 6.16 Å². The molecule has 0 aromatic rings. The van der Waals surface area contributed by atoms with Gasteiger partial charge in [0.2, 0.25) is 0 Å². The van der Waals surface area contributed by atoms with E-state index in [4.69, 9.17) is 0 Å². The Kier molecular flexibility index (Phi) is 7.48. The van der Waals surface area contributed by atoms with Gasteiger partial charge in [-0.1, -0.05) is 27.7 Å². The van der Waals surface area contributed by atoms with Crippen LogP contribution in [-0.4, -0.2) is 12.8 Å². The smallest absolute Gasteiger partial charge is 0.549 e. The summed E-state index contributed by atoms with van der Waals surface area (Å²) >= 11 is 0. The predicted octanol–water partition coefficient (Wildman–Crippen LogP) is -1.58. The normalized spacial score (nSPS) is 12.9. The molecule has 4 heteroatoms. The molecule has 3 nitrogen and oxygen atoms in total. The number of carbonyl (C=O) groups is 1. The van der Waals surface area contributed by atoms with Crippen molar-refractivity contribution in [3.8, 4) is 0 Å². The summed E-state index contributed by atoms with van der Waals surface area (Å²) in [7, 11) is 0. The van der Waals surface area contributed by atoms with Crippen LogP contribution in [0, 0.1) is 11.3 Å². The zero-order valence-electron chi connectivity index (χ0n) is 9.22. The van der Waals surface area contributed by atoms with E-state index in [-0.39, 0.29) is 36.8 Å². The van der Waals surface area contributed by atoms with Crippen LogP contribution in [0.4, 0.5) is 4.79 Å². The first-order valence-corrected chi connectivity index (χ1v) is 4.15. The molecule has 0 fully saturated rings. The molecular weight excluding hydrogens is 163 g/mol. The Morgan fingerprint density at radius 2 is 1.92 bits per heavy atom. The molecule has 0 radical (unpaired) electrons. The van der Waals surface area contributed by atoms with E-state index in [0.717, 1.165) is 6.42 Å². The van der Waals surface area contributed by atoms with E-state index < -0.39 is 6.16 Å². The van der Waals surface area contributed by atoms with E-state index in [9.17, 15) is 9.90 Å². The zero-order chi connectivity index (χ0) is 9.78. The Bertz CT molecular complexity index is 151. The van der Waals surface area contributed by atoms with Gasteiger partial charge in [-0.2, -0.15) is 0 Å². The van der Waals surface area contributed by atoms with Crippen molar-refractivity contribution in [1.29, 1.82) is 0 Å². The van der Waals surface area contributed by atoms with Crippen LogP contribution in [0.3, 0.4) is 0 Å². The maximum atomic E-state index is 9.94. The van der Waals surface area contributed by atoms with Gasteiger partial charge in [0.05, 0.1) is 0 Å². The van der Waals surface area contributed by atoms with Crippen LogP contribution >= 0.6 is 0 Å². The van der Waals surface area contributed by atoms with Crippen LogP contribution in [0.15, 0.2) is 0 Å². The third-order valence-corrected chi connectivity index (χ3v) is 1.45. The molecule has 0 heterocycles. The maximum Gasteiger partial charge on any atom is 1.00 e. The second-order valence-electron chi connectivity index (χ2n) is 4.43. The van der Waals surface area contributed by atoms with Gasteiger partial charge in [0, 0.05) is 6.61 Å². The summed E-state index contributed by atoms with van der Waals surface area (Å²) in [4.78, 5) is 9.94. The molecule has 0 aromatic carbocycles. The third kappa shape index (κ3) is 11.9. The molecule has 13 heavy (non-hydrogen) atoms.